The zero-order valence-electron chi connectivity index (χ0n) is 14.6. The molecule has 0 radical (unpaired) electrons. The lowest BCUT2D eigenvalue weighted by atomic mass is 10.1. The number of hydrogen-bond acceptors (Lipinski definition) is 5. The van der Waals surface area contributed by atoms with E-state index in [9.17, 15) is 14.4 Å². The topological polar surface area (TPSA) is 90.3 Å². The SMILES string of the molecule is CC(c1ccc(Cl)cc1)N(C)CC(=O)c1c(N)n(C)c(=O)n(C)c1=O. The van der Waals surface area contributed by atoms with Gasteiger partial charge < -0.3 is 5.73 Å². The number of aromatic nitrogens is 2. The molecule has 8 heteroatoms. The van der Waals surface area contributed by atoms with E-state index in [0.717, 1.165) is 14.7 Å². The summed E-state index contributed by atoms with van der Waals surface area (Å²) < 4.78 is 1.98. The Morgan fingerprint density at radius 2 is 1.76 bits per heavy atom. The smallest absolute Gasteiger partial charge is 0.332 e. The third kappa shape index (κ3) is 3.67. The molecule has 0 amide bonds. The van der Waals surface area contributed by atoms with Crippen molar-refractivity contribution < 1.29 is 4.79 Å². The van der Waals surface area contributed by atoms with Crippen LogP contribution in [-0.4, -0.2) is 33.4 Å². The molecule has 0 spiro atoms. The Kier molecular flexibility index (Phi) is 5.49. The van der Waals surface area contributed by atoms with Gasteiger partial charge in [0, 0.05) is 25.2 Å². The molecule has 1 aromatic heterocycles. The summed E-state index contributed by atoms with van der Waals surface area (Å²) in [5.74, 6) is -0.553. The van der Waals surface area contributed by atoms with Crippen LogP contribution in [0.3, 0.4) is 0 Å². The molecule has 0 aliphatic carbocycles. The average molecular weight is 365 g/mol. The van der Waals surface area contributed by atoms with Gasteiger partial charge in [-0.15, -0.1) is 0 Å². The van der Waals surface area contributed by atoms with Crippen molar-refractivity contribution in [1.82, 2.24) is 14.0 Å². The van der Waals surface area contributed by atoms with E-state index in [1.54, 1.807) is 24.1 Å². The van der Waals surface area contributed by atoms with Crippen LogP contribution >= 0.6 is 11.6 Å². The predicted molar refractivity (Wildman–Crippen MR) is 98.2 cm³/mol. The molecular weight excluding hydrogens is 344 g/mol. The lowest BCUT2D eigenvalue weighted by Crippen LogP contribution is -2.43. The zero-order valence-corrected chi connectivity index (χ0v) is 15.4. The van der Waals surface area contributed by atoms with Crippen LogP contribution < -0.4 is 17.0 Å². The summed E-state index contributed by atoms with van der Waals surface area (Å²) in [5.41, 5.74) is 5.40. The highest BCUT2D eigenvalue weighted by Gasteiger charge is 2.23. The molecule has 2 aromatic rings. The van der Waals surface area contributed by atoms with Crippen LogP contribution in [0, 0.1) is 0 Å². The van der Waals surface area contributed by atoms with Crippen molar-refractivity contribution in [3.8, 4) is 0 Å². The average Bonchev–Trinajstić information content (AvgIpc) is 2.58. The lowest BCUT2D eigenvalue weighted by Gasteiger charge is -2.24. The first-order chi connectivity index (χ1) is 11.6. The van der Waals surface area contributed by atoms with Crippen LogP contribution in [0.25, 0.3) is 0 Å². The van der Waals surface area contributed by atoms with Gasteiger partial charge in [-0.05, 0) is 31.7 Å². The minimum absolute atomic E-state index is 0.0125. The molecule has 1 unspecified atom stereocenters. The number of carbonyl (C=O) groups is 1. The molecule has 0 bridgehead atoms. The number of benzene rings is 1. The molecule has 0 fully saturated rings. The Morgan fingerprint density at radius 3 is 2.32 bits per heavy atom. The van der Waals surface area contributed by atoms with Gasteiger partial charge in [-0.25, -0.2) is 4.79 Å². The predicted octanol–water partition coefficient (Wildman–Crippen LogP) is 1.20. The van der Waals surface area contributed by atoms with Crippen LogP contribution in [0.2, 0.25) is 5.02 Å². The third-order valence-electron chi connectivity index (χ3n) is 4.40. The highest BCUT2D eigenvalue weighted by atomic mass is 35.5. The Bertz CT molecular complexity index is 915. The lowest BCUT2D eigenvalue weighted by molar-refractivity contribution is 0.0923. The second-order valence-corrected chi connectivity index (χ2v) is 6.47. The van der Waals surface area contributed by atoms with E-state index in [4.69, 9.17) is 17.3 Å². The zero-order chi connectivity index (χ0) is 18.9. The van der Waals surface area contributed by atoms with E-state index in [2.05, 4.69) is 0 Å². The fraction of sp³-hybridized carbons (Fsp3) is 0.353. The maximum Gasteiger partial charge on any atom is 0.332 e. The van der Waals surface area contributed by atoms with E-state index in [1.807, 2.05) is 19.1 Å². The molecule has 0 aliphatic rings. The molecule has 7 nitrogen and oxygen atoms in total. The standard InChI is InChI=1S/C17H21ClN4O3/c1-10(11-5-7-12(18)8-6-11)20(2)9-13(23)14-15(19)21(3)17(25)22(4)16(14)24/h5-8,10H,9,19H2,1-4H3. The maximum atomic E-state index is 12.6. The first-order valence-electron chi connectivity index (χ1n) is 7.69. The van der Waals surface area contributed by atoms with Gasteiger partial charge in [0.2, 0.25) is 0 Å². The van der Waals surface area contributed by atoms with Crippen molar-refractivity contribution in [2.24, 2.45) is 14.1 Å². The van der Waals surface area contributed by atoms with Crippen molar-refractivity contribution in [1.29, 1.82) is 0 Å². The number of nitrogens with two attached hydrogens (primary N) is 1. The van der Waals surface area contributed by atoms with Crippen LogP contribution in [0.15, 0.2) is 33.9 Å². The van der Waals surface area contributed by atoms with Gasteiger partial charge in [-0.1, -0.05) is 23.7 Å². The second-order valence-electron chi connectivity index (χ2n) is 6.03. The Hall–Kier alpha value is -2.38. The summed E-state index contributed by atoms with van der Waals surface area (Å²) in [6, 6.07) is 7.26. The summed E-state index contributed by atoms with van der Waals surface area (Å²) in [6.45, 7) is 1.93. The summed E-state index contributed by atoms with van der Waals surface area (Å²) in [4.78, 5) is 38.6. The van der Waals surface area contributed by atoms with Crippen LogP contribution in [0.5, 0.6) is 0 Å². The van der Waals surface area contributed by atoms with E-state index in [-0.39, 0.29) is 24.0 Å². The summed E-state index contributed by atoms with van der Waals surface area (Å²) in [6.07, 6.45) is 0. The Morgan fingerprint density at radius 1 is 1.20 bits per heavy atom. The number of likely N-dealkylation sites (N-methyl/N-ethyl adjacent to an activating group) is 1. The molecule has 1 aromatic carbocycles. The first kappa shape index (κ1) is 19.0. The highest BCUT2D eigenvalue weighted by Crippen LogP contribution is 2.21. The number of carbonyl (C=O) groups excluding carboxylic acids is 1. The highest BCUT2D eigenvalue weighted by molar-refractivity contribution is 6.30. The molecule has 2 rings (SSSR count). The molecule has 1 heterocycles. The van der Waals surface area contributed by atoms with Gasteiger partial charge in [-0.3, -0.25) is 23.6 Å². The number of rotatable bonds is 5. The third-order valence-corrected chi connectivity index (χ3v) is 4.65. The largest absolute Gasteiger partial charge is 0.384 e. The fourth-order valence-corrected chi connectivity index (χ4v) is 2.69. The van der Waals surface area contributed by atoms with Gasteiger partial charge in [0.25, 0.3) is 5.56 Å². The molecule has 0 saturated heterocycles. The minimum atomic E-state index is -0.682. The van der Waals surface area contributed by atoms with Crippen molar-refractivity contribution in [2.75, 3.05) is 19.3 Å². The fourth-order valence-electron chi connectivity index (χ4n) is 2.56. The molecule has 25 heavy (non-hydrogen) atoms. The summed E-state index contributed by atoms with van der Waals surface area (Å²) in [7, 11) is 4.52. The number of anilines is 1. The van der Waals surface area contributed by atoms with Crippen molar-refractivity contribution in [2.45, 2.75) is 13.0 Å². The molecular formula is C17H21ClN4O3. The normalized spacial score (nSPS) is 12.4. The van der Waals surface area contributed by atoms with Crippen LogP contribution in [-0.2, 0) is 14.1 Å². The monoisotopic (exact) mass is 364 g/mol. The second kappa shape index (κ2) is 7.25. The van der Waals surface area contributed by atoms with Crippen molar-refractivity contribution >= 4 is 23.2 Å². The Balaban J connectivity index is 2.29. The number of ketones is 1. The minimum Gasteiger partial charge on any atom is -0.384 e. The quantitative estimate of drug-likeness (QED) is 0.805. The summed E-state index contributed by atoms with van der Waals surface area (Å²) in [5, 5.41) is 0.635. The van der Waals surface area contributed by atoms with Crippen LogP contribution in [0.4, 0.5) is 5.82 Å². The van der Waals surface area contributed by atoms with Gasteiger partial charge in [0.1, 0.15) is 11.4 Å². The van der Waals surface area contributed by atoms with Crippen LogP contribution in [0.1, 0.15) is 28.9 Å². The molecule has 2 N–H and O–H groups in total. The summed E-state index contributed by atoms with van der Waals surface area (Å²) >= 11 is 5.89. The van der Waals surface area contributed by atoms with Crippen molar-refractivity contribution in [3.05, 3.63) is 61.3 Å². The molecule has 0 aliphatic heterocycles. The van der Waals surface area contributed by atoms with E-state index >= 15 is 0 Å². The molecule has 1 atom stereocenters. The van der Waals surface area contributed by atoms with Gasteiger partial charge in [0.05, 0.1) is 6.54 Å². The maximum absolute atomic E-state index is 12.6. The first-order valence-corrected chi connectivity index (χ1v) is 8.07. The van der Waals surface area contributed by atoms with Gasteiger partial charge in [0.15, 0.2) is 5.78 Å². The van der Waals surface area contributed by atoms with E-state index in [0.29, 0.717) is 5.02 Å². The number of hydrogen-bond donors (Lipinski definition) is 1. The van der Waals surface area contributed by atoms with E-state index < -0.39 is 17.0 Å². The molecule has 0 saturated carbocycles. The Labute approximate surface area is 150 Å². The number of nitrogen functional groups attached to an aromatic ring is 1. The molecule has 134 valence electrons. The number of Topliss-reactive ketones (excluding diaryl/α,β-unsaturated/α-hetero) is 1. The van der Waals surface area contributed by atoms with Crippen molar-refractivity contribution in [3.63, 3.8) is 0 Å². The van der Waals surface area contributed by atoms with Gasteiger partial charge >= 0.3 is 5.69 Å². The van der Waals surface area contributed by atoms with Gasteiger partial charge in [-0.2, -0.15) is 0 Å². The number of nitrogens with zero attached hydrogens (tertiary/aromatic N) is 3. The number of halogens is 1. The van der Waals surface area contributed by atoms with E-state index in [1.165, 1.54) is 14.1 Å².